The van der Waals surface area contributed by atoms with E-state index in [1.165, 1.54) is 32.8 Å². The van der Waals surface area contributed by atoms with Gasteiger partial charge in [-0.25, -0.2) is 0 Å². The summed E-state index contributed by atoms with van der Waals surface area (Å²) in [7, 11) is 3.56. The summed E-state index contributed by atoms with van der Waals surface area (Å²) in [5.74, 6) is 0.616. The Bertz CT molecular complexity index is 288. The molecule has 112 valence electrons. The Balaban J connectivity index is 2.57. The number of likely N-dealkylation sites (N-methyl/N-ethyl adjacent to an activating group) is 1. The van der Waals surface area contributed by atoms with Crippen molar-refractivity contribution in [1.82, 2.24) is 10.2 Å². The second-order valence-electron chi connectivity index (χ2n) is 6.47. The Labute approximate surface area is 117 Å². The maximum atomic E-state index is 12.0. The predicted octanol–water partition coefficient (Wildman–Crippen LogP) is 2.04. The van der Waals surface area contributed by atoms with Crippen LogP contribution in [0.4, 0.5) is 0 Å². The first-order chi connectivity index (χ1) is 8.87. The van der Waals surface area contributed by atoms with Crippen LogP contribution in [0.2, 0.25) is 0 Å². The molecule has 1 atom stereocenters. The van der Waals surface area contributed by atoms with Crippen LogP contribution in [0, 0.1) is 5.92 Å². The highest BCUT2D eigenvalue weighted by Gasteiger charge is 2.36. The highest BCUT2D eigenvalue weighted by atomic mass is 16.5. The lowest BCUT2D eigenvalue weighted by molar-refractivity contribution is -0.149. The van der Waals surface area contributed by atoms with Gasteiger partial charge in [-0.1, -0.05) is 12.8 Å². The van der Waals surface area contributed by atoms with Crippen molar-refractivity contribution in [2.24, 2.45) is 5.92 Å². The van der Waals surface area contributed by atoms with Gasteiger partial charge in [0.15, 0.2) is 0 Å². The molecular weight excluding hydrogens is 240 g/mol. The van der Waals surface area contributed by atoms with Crippen LogP contribution < -0.4 is 5.32 Å². The highest BCUT2D eigenvalue weighted by molar-refractivity contribution is 5.80. The molecule has 0 aliphatic heterocycles. The van der Waals surface area contributed by atoms with Crippen LogP contribution in [0.1, 0.15) is 46.5 Å². The van der Waals surface area contributed by atoms with Gasteiger partial charge < -0.3 is 9.64 Å². The van der Waals surface area contributed by atoms with E-state index in [2.05, 4.69) is 31.1 Å². The lowest BCUT2D eigenvalue weighted by Gasteiger charge is -2.34. The third kappa shape index (κ3) is 5.11. The average molecular weight is 270 g/mol. The first-order valence-electron chi connectivity index (χ1n) is 7.42. The molecule has 0 amide bonds. The number of nitrogens with one attached hydrogen (secondary N) is 1. The van der Waals surface area contributed by atoms with Gasteiger partial charge in [-0.05, 0) is 46.6 Å². The fraction of sp³-hybridized carbons (Fsp3) is 0.933. The standard InChI is InChI=1S/C15H30N2O2/c1-12(2)16-15(3,14(18)19-5)11-17(4)10-13-8-6-7-9-13/h12-13,16H,6-11H2,1-5H3. The molecule has 0 bridgehead atoms. The molecule has 0 saturated heterocycles. The Hall–Kier alpha value is -0.610. The third-order valence-corrected chi connectivity index (χ3v) is 3.87. The molecule has 1 unspecified atom stereocenters. The van der Waals surface area contributed by atoms with Crippen LogP contribution in [0.5, 0.6) is 0 Å². The molecule has 0 heterocycles. The van der Waals surface area contributed by atoms with E-state index >= 15 is 0 Å². The van der Waals surface area contributed by atoms with Crippen molar-refractivity contribution in [3.05, 3.63) is 0 Å². The summed E-state index contributed by atoms with van der Waals surface area (Å²) in [5, 5.41) is 3.35. The predicted molar refractivity (Wildman–Crippen MR) is 78.1 cm³/mol. The van der Waals surface area contributed by atoms with Crippen molar-refractivity contribution in [2.75, 3.05) is 27.2 Å². The van der Waals surface area contributed by atoms with Gasteiger partial charge in [-0.3, -0.25) is 10.1 Å². The summed E-state index contributed by atoms with van der Waals surface area (Å²) in [4.78, 5) is 14.3. The zero-order valence-electron chi connectivity index (χ0n) is 13.2. The van der Waals surface area contributed by atoms with E-state index in [-0.39, 0.29) is 12.0 Å². The van der Waals surface area contributed by atoms with Crippen LogP contribution in [-0.2, 0) is 9.53 Å². The SMILES string of the molecule is COC(=O)C(C)(CN(C)CC1CCCC1)NC(C)C. The number of hydrogen-bond donors (Lipinski definition) is 1. The molecule has 1 rings (SSSR count). The smallest absolute Gasteiger partial charge is 0.327 e. The van der Waals surface area contributed by atoms with Crippen molar-refractivity contribution in [2.45, 2.75) is 58.0 Å². The minimum absolute atomic E-state index is 0.181. The molecule has 0 aromatic rings. The number of carbonyl (C=O) groups excluding carboxylic acids is 1. The van der Waals surface area contributed by atoms with Crippen LogP contribution in [0.25, 0.3) is 0 Å². The molecule has 1 fully saturated rings. The highest BCUT2D eigenvalue weighted by Crippen LogP contribution is 2.25. The van der Waals surface area contributed by atoms with E-state index in [1.54, 1.807) is 0 Å². The van der Waals surface area contributed by atoms with Crippen LogP contribution in [0.15, 0.2) is 0 Å². The molecule has 0 aromatic heterocycles. The number of hydrogen-bond acceptors (Lipinski definition) is 4. The van der Waals surface area contributed by atoms with Gasteiger partial charge in [0.25, 0.3) is 0 Å². The van der Waals surface area contributed by atoms with Crippen molar-refractivity contribution >= 4 is 5.97 Å². The van der Waals surface area contributed by atoms with E-state index in [0.717, 1.165) is 12.5 Å². The molecule has 4 nitrogen and oxygen atoms in total. The van der Waals surface area contributed by atoms with Gasteiger partial charge in [-0.2, -0.15) is 0 Å². The number of ether oxygens (including phenoxy) is 1. The third-order valence-electron chi connectivity index (χ3n) is 3.87. The summed E-state index contributed by atoms with van der Waals surface area (Å²) < 4.78 is 4.96. The van der Waals surface area contributed by atoms with E-state index < -0.39 is 5.54 Å². The maximum absolute atomic E-state index is 12.0. The van der Waals surface area contributed by atoms with Crippen molar-refractivity contribution in [1.29, 1.82) is 0 Å². The second-order valence-corrected chi connectivity index (χ2v) is 6.47. The zero-order valence-corrected chi connectivity index (χ0v) is 13.2. The molecule has 0 spiro atoms. The lowest BCUT2D eigenvalue weighted by Crippen LogP contribution is -2.59. The summed E-state index contributed by atoms with van der Waals surface area (Å²) >= 11 is 0. The van der Waals surface area contributed by atoms with Crippen molar-refractivity contribution in [3.8, 4) is 0 Å². The van der Waals surface area contributed by atoms with Gasteiger partial charge in [0.1, 0.15) is 5.54 Å². The molecule has 1 aliphatic rings. The summed E-state index contributed by atoms with van der Waals surface area (Å²) in [6, 6.07) is 0.254. The van der Waals surface area contributed by atoms with E-state index in [1.807, 2.05) is 6.92 Å². The summed E-state index contributed by atoms with van der Waals surface area (Å²) in [5.41, 5.74) is -0.629. The van der Waals surface area contributed by atoms with Crippen LogP contribution >= 0.6 is 0 Å². The number of nitrogens with zero attached hydrogens (tertiary/aromatic N) is 1. The quantitative estimate of drug-likeness (QED) is 0.719. The zero-order chi connectivity index (χ0) is 14.5. The minimum Gasteiger partial charge on any atom is -0.468 e. The van der Waals surface area contributed by atoms with E-state index in [0.29, 0.717) is 6.54 Å². The molecule has 4 heteroatoms. The first-order valence-corrected chi connectivity index (χ1v) is 7.42. The number of esters is 1. The van der Waals surface area contributed by atoms with Crippen molar-refractivity contribution < 1.29 is 9.53 Å². The van der Waals surface area contributed by atoms with Gasteiger partial charge in [-0.15, -0.1) is 0 Å². The second kappa shape index (κ2) is 7.25. The molecule has 19 heavy (non-hydrogen) atoms. The Morgan fingerprint density at radius 3 is 2.47 bits per heavy atom. The summed E-state index contributed by atoms with van der Waals surface area (Å²) in [6.07, 6.45) is 5.38. The monoisotopic (exact) mass is 270 g/mol. The van der Waals surface area contributed by atoms with E-state index in [9.17, 15) is 4.79 Å². The van der Waals surface area contributed by atoms with Gasteiger partial charge in [0.05, 0.1) is 7.11 Å². The lowest BCUT2D eigenvalue weighted by atomic mass is 9.99. The fourth-order valence-electron chi connectivity index (χ4n) is 3.27. The van der Waals surface area contributed by atoms with Crippen LogP contribution in [0.3, 0.4) is 0 Å². The van der Waals surface area contributed by atoms with Crippen molar-refractivity contribution in [3.63, 3.8) is 0 Å². The molecule has 1 saturated carbocycles. The molecule has 1 N–H and O–H groups in total. The molecule has 0 radical (unpaired) electrons. The van der Waals surface area contributed by atoms with Gasteiger partial charge >= 0.3 is 5.97 Å². The van der Waals surface area contributed by atoms with E-state index in [4.69, 9.17) is 4.74 Å². The van der Waals surface area contributed by atoms with Crippen LogP contribution in [-0.4, -0.2) is 49.7 Å². The maximum Gasteiger partial charge on any atom is 0.327 e. The first kappa shape index (κ1) is 16.4. The topological polar surface area (TPSA) is 41.6 Å². The Morgan fingerprint density at radius 2 is 2.00 bits per heavy atom. The Kier molecular flexibility index (Phi) is 6.27. The number of carbonyl (C=O) groups is 1. The fourth-order valence-corrected chi connectivity index (χ4v) is 3.27. The summed E-state index contributed by atoms with van der Waals surface area (Å²) in [6.45, 7) is 7.81. The minimum atomic E-state index is -0.629. The number of rotatable bonds is 7. The average Bonchev–Trinajstić information content (AvgIpc) is 2.78. The normalized spacial score (nSPS) is 19.9. The molecule has 1 aliphatic carbocycles. The molecular formula is C15H30N2O2. The van der Waals surface area contributed by atoms with Gasteiger partial charge in [0, 0.05) is 19.1 Å². The molecule has 0 aromatic carbocycles. The largest absolute Gasteiger partial charge is 0.468 e. The Morgan fingerprint density at radius 1 is 1.42 bits per heavy atom. The number of methoxy groups -OCH3 is 1. The van der Waals surface area contributed by atoms with Gasteiger partial charge in [0.2, 0.25) is 0 Å².